The molecule has 1 aliphatic heterocycles. The first-order valence-corrected chi connectivity index (χ1v) is 12.0. The molecule has 1 saturated heterocycles. The summed E-state index contributed by atoms with van der Waals surface area (Å²) in [6.45, 7) is 6.71. The van der Waals surface area contributed by atoms with Crippen molar-refractivity contribution in [3.8, 4) is 0 Å². The quantitative estimate of drug-likeness (QED) is 0.719. The van der Waals surface area contributed by atoms with Gasteiger partial charge in [0.15, 0.2) is 9.84 Å². The number of aromatic nitrogens is 1. The number of carbonyl (C=O) groups is 1. The van der Waals surface area contributed by atoms with Gasteiger partial charge < -0.3 is 9.47 Å². The summed E-state index contributed by atoms with van der Waals surface area (Å²) >= 11 is 0. The molecule has 27 heavy (non-hydrogen) atoms. The minimum Gasteiger partial charge on any atom is -0.346 e. The van der Waals surface area contributed by atoms with E-state index in [1.807, 2.05) is 13.0 Å². The van der Waals surface area contributed by atoms with E-state index >= 15 is 0 Å². The van der Waals surface area contributed by atoms with Gasteiger partial charge in [-0.1, -0.05) is 19.3 Å². The first-order chi connectivity index (χ1) is 12.8. The molecule has 1 aliphatic carbocycles. The molecule has 2 heterocycles. The van der Waals surface area contributed by atoms with Crippen LogP contribution in [-0.4, -0.2) is 47.9 Å². The van der Waals surface area contributed by atoms with Crippen molar-refractivity contribution in [2.24, 2.45) is 0 Å². The van der Waals surface area contributed by atoms with Crippen LogP contribution in [0.1, 0.15) is 68.4 Å². The molecule has 6 heteroatoms. The fourth-order valence-electron chi connectivity index (χ4n) is 4.74. The third-order valence-corrected chi connectivity index (χ3v) is 7.89. The van der Waals surface area contributed by atoms with E-state index in [9.17, 15) is 13.2 Å². The molecule has 0 spiro atoms. The zero-order valence-electron chi connectivity index (χ0n) is 16.8. The lowest BCUT2D eigenvalue weighted by molar-refractivity contribution is -0.127. The molecule has 1 atom stereocenters. The standard InChI is InChI=1S/C21H32N2O3S/c1-4-22(20-12-13-27(25,26)15-20)21(24)11-10-18-14-16(2)23(17(18)3)19-8-6-5-7-9-19/h10-11,14,19-20H,4-9,12-13,15H2,1-3H3/b11-10+. The van der Waals surface area contributed by atoms with Crippen LogP contribution in [0.2, 0.25) is 0 Å². The first-order valence-electron chi connectivity index (χ1n) is 10.2. The van der Waals surface area contributed by atoms with Gasteiger partial charge in [-0.3, -0.25) is 4.79 Å². The van der Waals surface area contributed by atoms with Gasteiger partial charge in [-0.05, 0) is 57.7 Å². The maximum absolute atomic E-state index is 12.7. The van der Waals surface area contributed by atoms with Crippen LogP contribution in [0.4, 0.5) is 0 Å². The van der Waals surface area contributed by atoms with Gasteiger partial charge in [-0.2, -0.15) is 0 Å². The molecule has 0 N–H and O–H groups in total. The molecule has 0 radical (unpaired) electrons. The van der Waals surface area contributed by atoms with E-state index in [0.29, 0.717) is 19.0 Å². The number of likely N-dealkylation sites (N-methyl/N-ethyl adjacent to an activating group) is 1. The molecule has 2 fully saturated rings. The number of nitrogens with zero attached hydrogens (tertiary/aromatic N) is 2. The van der Waals surface area contributed by atoms with Crippen molar-refractivity contribution in [1.29, 1.82) is 0 Å². The Labute approximate surface area is 163 Å². The number of carbonyl (C=O) groups excluding carboxylic acids is 1. The Balaban J connectivity index is 1.74. The Hall–Kier alpha value is -1.56. The van der Waals surface area contributed by atoms with Crippen LogP contribution in [-0.2, 0) is 14.6 Å². The smallest absolute Gasteiger partial charge is 0.246 e. The van der Waals surface area contributed by atoms with E-state index in [2.05, 4.69) is 24.5 Å². The zero-order valence-corrected chi connectivity index (χ0v) is 17.6. The van der Waals surface area contributed by atoms with Crippen LogP contribution < -0.4 is 0 Å². The van der Waals surface area contributed by atoms with Crippen LogP contribution in [0.5, 0.6) is 0 Å². The third kappa shape index (κ3) is 4.48. The van der Waals surface area contributed by atoms with Gasteiger partial charge in [-0.25, -0.2) is 8.42 Å². The summed E-state index contributed by atoms with van der Waals surface area (Å²) < 4.78 is 25.9. The highest BCUT2D eigenvalue weighted by atomic mass is 32.2. The van der Waals surface area contributed by atoms with Crippen molar-refractivity contribution < 1.29 is 13.2 Å². The van der Waals surface area contributed by atoms with Crippen LogP contribution in [0, 0.1) is 13.8 Å². The summed E-state index contributed by atoms with van der Waals surface area (Å²) in [5.74, 6) is 0.187. The van der Waals surface area contributed by atoms with Crippen LogP contribution in [0.25, 0.3) is 6.08 Å². The Morgan fingerprint density at radius 1 is 1.22 bits per heavy atom. The highest BCUT2D eigenvalue weighted by molar-refractivity contribution is 7.91. The van der Waals surface area contributed by atoms with Crippen molar-refractivity contribution in [2.45, 2.75) is 71.4 Å². The number of rotatable bonds is 5. The molecule has 0 bridgehead atoms. The van der Waals surface area contributed by atoms with Crippen molar-refractivity contribution in [2.75, 3.05) is 18.1 Å². The second kappa shape index (κ2) is 8.21. The lowest BCUT2D eigenvalue weighted by Crippen LogP contribution is -2.40. The molecule has 1 unspecified atom stereocenters. The molecule has 1 aromatic rings. The van der Waals surface area contributed by atoms with E-state index in [1.54, 1.807) is 11.0 Å². The van der Waals surface area contributed by atoms with Crippen LogP contribution in [0.15, 0.2) is 12.1 Å². The van der Waals surface area contributed by atoms with Crippen molar-refractivity contribution in [3.63, 3.8) is 0 Å². The molecule has 1 saturated carbocycles. The van der Waals surface area contributed by atoms with E-state index in [-0.39, 0.29) is 23.5 Å². The summed E-state index contributed by atoms with van der Waals surface area (Å²) in [6, 6.07) is 2.54. The number of sulfone groups is 1. The number of amides is 1. The zero-order chi connectivity index (χ0) is 19.6. The van der Waals surface area contributed by atoms with E-state index in [0.717, 1.165) is 5.56 Å². The van der Waals surface area contributed by atoms with Gasteiger partial charge in [0.05, 0.1) is 11.5 Å². The Bertz CT molecular complexity index is 817. The van der Waals surface area contributed by atoms with Crippen molar-refractivity contribution >= 4 is 21.8 Å². The summed E-state index contributed by atoms with van der Waals surface area (Å²) in [6.07, 6.45) is 10.4. The normalized spacial score (nSPS) is 23.1. The van der Waals surface area contributed by atoms with Crippen LogP contribution >= 0.6 is 0 Å². The van der Waals surface area contributed by atoms with Crippen LogP contribution in [0.3, 0.4) is 0 Å². The Morgan fingerprint density at radius 3 is 2.52 bits per heavy atom. The highest BCUT2D eigenvalue weighted by Crippen LogP contribution is 2.32. The largest absolute Gasteiger partial charge is 0.346 e. The fourth-order valence-corrected chi connectivity index (χ4v) is 6.48. The minimum absolute atomic E-state index is 0.0939. The molecular weight excluding hydrogens is 360 g/mol. The highest BCUT2D eigenvalue weighted by Gasteiger charge is 2.33. The number of hydrogen-bond acceptors (Lipinski definition) is 3. The maximum Gasteiger partial charge on any atom is 0.246 e. The lowest BCUT2D eigenvalue weighted by atomic mass is 9.95. The molecule has 150 valence electrons. The monoisotopic (exact) mass is 392 g/mol. The average Bonchev–Trinajstić information content (AvgIpc) is 3.13. The van der Waals surface area contributed by atoms with Gasteiger partial charge in [0.25, 0.3) is 0 Å². The molecule has 2 aliphatic rings. The van der Waals surface area contributed by atoms with Gasteiger partial charge in [-0.15, -0.1) is 0 Å². The second-order valence-corrected chi connectivity index (χ2v) is 10.2. The van der Waals surface area contributed by atoms with E-state index < -0.39 is 9.84 Å². The third-order valence-electron chi connectivity index (χ3n) is 6.14. The first kappa shape index (κ1) is 20.2. The number of aryl methyl sites for hydroxylation is 1. The second-order valence-electron chi connectivity index (χ2n) is 8.00. The SMILES string of the molecule is CCN(C(=O)/C=C/c1cc(C)n(C2CCCCC2)c1C)C1CCS(=O)(=O)C1. The summed E-state index contributed by atoms with van der Waals surface area (Å²) in [4.78, 5) is 14.4. The molecule has 3 rings (SSSR count). The molecule has 1 aromatic heterocycles. The summed E-state index contributed by atoms with van der Waals surface area (Å²) in [7, 11) is -2.99. The van der Waals surface area contributed by atoms with Gasteiger partial charge in [0.2, 0.25) is 5.91 Å². The van der Waals surface area contributed by atoms with E-state index in [1.165, 1.54) is 43.5 Å². The topological polar surface area (TPSA) is 59.4 Å². The molecular formula is C21H32N2O3S. The van der Waals surface area contributed by atoms with Gasteiger partial charge in [0, 0.05) is 36.1 Å². The van der Waals surface area contributed by atoms with Gasteiger partial charge >= 0.3 is 0 Å². The molecule has 5 nitrogen and oxygen atoms in total. The predicted octanol–water partition coefficient (Wildman–Crippen LogP) is 3.66. The summed E-state index contributed by atoms with van der Waals surface area (Å²) in [5, 5.41) is 0. The number of hydrogen-bond donors (Lipinski definition) is 0. The Morgan fingerprint density at radius 2 is 1.93 bits per heavy atom. The maximum atomic E-state index is 12.7. The summed E-state index contributed by atoms with van der Waals surface area (Å²) in [5.41, 5.74) is 3.55. The average molecular weight is 393 g/mol. The van der Waals surface area contributed by atoms with Crippen molar-refractivity contribution in [1.82, 2.24) is 9.47 Å². The predicted molar refractivity (Wildman–Crippen MR) is 110 cm³/mol. The fraction of sp³-hybridized carbons (Fsp3) is 0.667. The van der Waals surface area contributed by atoms with E-state index in [4.69, 9.17) is 0 Å². The molecule has 1 amide bonds. The minimum atomic E-state index is -2.99. The van der Waals surface area contributed by atoms with Gasteiger partial charge in [0.1, 0.15) is 0 Å². The lowest BCUT2D eigenvalue weighted by Gasteiger charge is -2.26. The van der Waals surface area contributed by atoms with Crippen molar-refractivity contribution in [3.05, 3.63) is 29.1 Å². The Kier molecular flexibility index (Phi) is 6.14. The molecule has 0 aromatic carbocycles.